The minimum Gasteiger partial charge on any atom is -0.310 e. The standard InChI is InChI=1S/C22H20N4/c23-16-20(22-25-24-21-9-5-2-6-14-26(21)22)15-17-10-12-19(13-11-17)18-7-3-1-4-8-18/h1,3-4,7-8,10-13,15H,2,5-6,9,14H2/b20-15-. The maximum absolute atomic E-state index is 9.66. The lowest BCUT2D eigenvalue weighted by Crippen LogP contribution is -2.05. The molecule has 0 radical (unpaired) electrons. The van der Waals surface area contributed by atoms with Crippen molar-refractivity contribution >= 4 is 11.6 Å². The van der Waals surface area contributed by atoms with Crippen molar-refractivity contribution in [1.29, 1.82) is 5.26 Å². The highest BCUT2D eigenvalue weighted by Gasteiger charge is 2.17. The summed E-state index contributed by atoms with van der Waals surface area (Å²) in [5.41, 5.74) is 3.91. The highest BCUT2D eigenvalue weighted by atomic mass is 15.3. The molecule has 0 saturated carbocycles. The van der Waals surface area contributed by atoms with Gasteiger partial charge < -0.3 is 4.57 Å². The molecule has 0 fully saturated rings. The molecule has 4 nitrogen and oxygen atoms in total. The lowest BCUT2D eigenvalue weighted by molar-refractivity contribution is 0.627. The molecule has 0 unspecified atom stereocenters. The largest absolute Gasteiger partial charge is 0.310 e. The fourth-order valence-electron chi connectivity index (χ4n) is 3.40. The van der Waals surface area contributed by atoms with E-state index in [9.17, 15) is 5.26 Å². The molecule has 4 heteroatoms. The van der Waals surface area contributed by atoms with Crippen LogP contribution in [0.1, 0.15) is 36.5 Å². The second-order valence-corrected chi connectivity index (χ2v) is 6.56. The monoisotopic (exact) mass is 340 g/mol. The molecule has 0 atom stereocenters. The van der Waals surface area contributed by atoms with Crippen molar-refractivity contribution in [3.05, 3.63) is 71.8 Å². The summed E-state index contributed by atoms with van der Waals surface area (Å²) in [6, 6.07) is 20.8. The number of aromatic nitrogens is 3. The summed E-state index contributed by atoms with van der Waals surface area (Å²) in [5, 5.41) is 18.3. The zero-order valence-corrected chi connectivity index (χ0v) is 14.6. The molecular formula is C22H20N4. The molecule has 128 valence electrons. The average molecular weight is 340 g/mol. The van der Waals surface area contributed by atoms with E-state index >= 15 is 0 Å². The molecule has 0 N–H and O–H groups in total. The van der Waals surface area contributed by atoms with Gasteiger partial charge in [-0.1, -0.05) is 61.0 Å². The van der Waals surface area contributed by atoms with Crippen molar-refractivity contribution < 1.29 is 0 Å². The molecule has 1 aliphatic rings. The van der Waals surface area contributed by atoms with Crippen LogP contribution in [0.25, 0.3) is 22.8 Å². The van der Waals surface area contributed by atoms with Gasteiger partial charge in [0.05, 0.1) is 5.57 Å². The van der Waals surface area contributed by atoms with Gasteiger partial charge in [0.15, 0.2) is 5.82 Å². The Balaban J connectivity index is 1.64. The Bertz CT molecular complexity index is 960. The van der Waals surface area contributed by atoms with Crippen LogP contribution < -0.4 is 0 Å². The van der Waals surface area contributed by atoms with Crippen LogP contribution in [-0.2, 0) is 13.0 Å². The molecule has 1 aliphatic heterocycles. The average Bonchev–Trinajstić information content (AvgIpc) is 2.95. The van der Waals surface area contributed by atoms with Gasteiger partial charge >= 0.3 is 0 Å². The number of nitrogens with zero attached hydrogens (tertiary/aromatic N) is 4. The van der Waals surface area contributed by atoms with Gasteiger partial charge in [0, 0.05) is 13.0 Å². The Hall–Kier alpha value is -3.19. The lowest BCUT2D eigenvalue weighted by atomic mass is 10.0. The second kappa shape index (κ2) is 7.37. The molecule has 3 aromatic rings. The van der Waals surface area contributed by atoms with Crippen LogP contribution in [0.2, 0.25) is 0 Å². The summed E-state index contributed by atoms with van der Waals surface area (Å²) < 4.78 is 2.11. The molecule has 26 heavy (non-hydrogen) atoms. The van der Waals surface area contributed by atoms with Gasteiger partial charge in [0.1, 0.15) is 11.9 Å². The fraction of sp³-hybridized carbons (Fsp3) is 0.227. The maximum Gasteiger partial charge on any atom is 0.174 e. The molecule has 0 bridgehead atoms. The number of benzene rings is 2. The van der Waals surface area contributed by atoms with Crippen LogP contribution in [-0.4, -0.2) is 14.8 Å². The van der Waals surface area contributed by atoms with E-state index in [1.165, 1.54) is 12.0 Å². The number of rotatable bonds is 3. The Labute approximate surface area is 153 Å². The van der Waals surface area contributed by atoms with Crippen molar-refractivity contribution in [3.63, 3.8) is 0 Å². The van der Waals surface area contributed by atoms with E-state index in [2.05, 4.69) is 45.1 Å². The fourth-order valence-corrected chi connectivity index (χ4v) is 3.40. The van der Waals surface area contributed by atoms with Crippen molar-refractivity contribution in [2.45, 2.75) is 32.2 Å². The number of hydrogen-bond donors (Lipinski definition) is 0. The Morgan fingerprint density at radius 2 is 1.69 bits per heavy atom. The third-order valence-corrected chi connectivity index (χ3v) is 4.80. The molecule has 0 amide bonds. The first-order chi connectivity index (χ1) is 12.8. The summed E-state index contributed by atoms with van der Waals surface area (Å²) in [7, 11) is 0. The van der Waals surface area contributed by atoms with E-state index in [-0.39, 0.29) is 0 Å². The number of nitriles is 1. The first kappa shape index (κ1) is 16.3. The number of hydrogen-bond acceptors (Lipinski definition) is 3. The van der Waals surface area contributed by atoms with Crippen molar-refractivity contribution in [3.8, 4) is 17.2 Å². The molecule has 1 aromatic heterocycles. The smallest absolute Gasteiger partial charge is 0.174 e. The van der Waals surface area contributed by atoms with Crippen LogP contribution in [0, 0.1) is 11.3 Å². The molecule has 2 aromatic carbocycles. The SMILES string of the molecule is N#C/C(=C/c1ccc(-c2ccccc2)cc1)c1nnc2n1CCCCC2. The van der Waals surface area contributed by atoms with Crippen LogP contribution in [0.5, 0.6) is 0 Å². The van der Waals surface area contributed by atoms with Crippen molar-refractivity contribution in [2.75, 3.05) is 0 Å². The van der Waals surface area contributed by atoms with E-state index < -0.39 is 0 Å². The van der Waals surface area contributed by atoms with E-state index in [1.54, 1.807) is 0 Å². The number of allylic oxidation sites excluding steroid dienone is 1. The molecule has 0 spiro atoms. The van der Waals surface area contributed by atoms with Gasteiger partial charge in [-0.3, -0.25) is 0 Å². The van der Waals surface area contributed by atoms with Gasteiger partial charge in [-0.25, -0.2) is 0 Å². The molecule has 4 rings (SSSR count). The molecule has 2 heterocycles. The van der Waals surface area contributed by atoms with Crippen LogP contribution in [0.3, 0.4) is 0 Å². The van der Waals surface area contributed by atoms with E-state index in [4.69, 9.17) is 0 Å². The van der Waals surface area contributed by atoms with Gasteiger partial charge in [0.2, 0.25) is 0 Å². The van der Waals surface area contributed by atoms with Crippen molar-refractivity contribution in [2.24, 2.45) is 0 Å². The van der Waals surface area contributed by atoms with E-state index in [0.29, 0.717) is 11.4 Å². The van der Waals surface area contributed by atoms with E-state index in [0.717, 1.165) is 42.8 Å². The Kier molecular flexibility index (Phi) is 4.61. The number of aryl methyl sites for hydroxylation is 1. The van der Waals surface area contributed by atoms with Gasteiger partial charge in [0.25, 0.3) is 0 Å². The summed E-state index contributed by atoms with van der Waals surface area (Å²) in [6.45, 7) is 0.892. The van der Waals surface area contributed by atoms with E-state index in [1.807, 2.05) is 36.4 Å². The third kappa shape index (κ3) is 3.29. The lowest BCUT2D eigenvalue weighted by Gasteiger charge is -2.06. The van der Waals surface area contributed by atoms with Crippen LogP contribution in [0.15, 0.2) is 54.6 Å². The summed E-state index contributed by atoms with van der Waals surface area (Å²) in [6.07, 6.45) is 6.30. The molecule has 0 aliphatic carbocycles. The number of fused-ring (bicyclic) bond motifs is 1. The highest BCUT2D eigenvalue weighted by molar-refractivity contribution is 5.87. The first-order valence-electron chi connectivity index (χ1n) is 9.05. The van der Waals surface area contributed by atoms with Gasteiger partial charge in [-0.05, 0) is 35.6 Å². The van der Waals surface area contributed by atoms with Crippen LogP contribution in [0.4, 0.5) is 0 Å². The topological polar surface area (TPSA) is 54.5 Å². The minimum absolute atomic E-state index is 0.568. The summed E-state index contributed by atoms with van der Waals surface area (Å²) in [4.78, 5) is 0. The second-order valence-electron chi connectivity index (χ2n) is 6.56. The zero-order valence-electron chi connectivity index (χ0n) is 14.6. The highest BCUT2D eigenvalue weighted by Crippen LogP contribution is 2.23. The minimum atomic E-state index is 0.568. The maximum atomic E-state index is 9.66. The molecule has 0 saturated heterocycles. The predicted octanol–water partition coefficient (Wildman–Crippen LogP) is 4.74. The quantitative estimate of drug-likeness (QED) is 0.647. The van der Waals surface area contributed by atoms with Crippen LogP contribution >= 0.6 is 0 Å². The predicted molar refractivity (Wildman–Crippen MR) is 103 cm³/mol. The first-order valence-corrected chi connectivity index (χ1v) is 9.05. The van der Waals surface area contributed by atoms with Gasteiger partial charge in [-0.2, -0.15) is 5.26 Å². The third-order valence-electron chi connectivity index (χ3n) is 4.80. The Morgan fingerprint density at radius 3 is 2.46 bits per heavy atom. The zero-order chi connectivity index (χ0) is 17.8. The summed E-state index contributed by atoms with van der Waals surface area (Å²) in [5.74, 6) is 1.69. The Morgan fingerprint density at radius 1 is 0.923 bits per heavy atom. The van der Waals surface area contributed by atoms with Crippen molar-refractivity contribution in [1.82, 2.24) is 14.8 Å². The normalized spacial score (nSPS) is 14.3. The summed E-state index contributed by atoms with van der Waals surface area (Å²) >= 11 is 0. The van der Waals surface area contributed by atoms with Gasteiger partial charge in [-0.15, -0.1) is 10.2 Å². The molecular weight excluding hydrogens is 320 g/mol.